The maximum atomic E-state index is 4.31. The van der Waals surface area contributed by atoms with Crippen LogP contribution in [0.1, 0.15) is 44.6 Å². The highest BCUT2D eigenvalue weighted by Gasteiger charge is 2.06. The summed E-state index contributed by atoms with van der Waals surface area (Å²) in [5, 5.41) is 15.5. The average Bonchev–Trinajstić information content (AvgIpc) is 3.10. The molecule has 1 heterocycles. The zero-order valence-electron chi connectivity index (χ0n) is 14.7. The summed E-state index contributed by atoms with van der Waals surface area (Å²) in [7, 11) is 0. The van der Waals surface area contributed by atoms with E-state index in [4.69, 9.17) is 0 Å². The van der Waals surface area contributed by atoms with Crippen LogP contribution in [0.2, 0.25) is 0 Å². The SMILES string of the molecule is CCCCCCCNc1nnc(SCc2cccc3ccccc23)s1. The first-order chi connectivity index (χ1) is 12.4. The highest BCUT2D eigenvalue weighted by molar-refractivity contribution is 8.00. The van der Waals surface area contributed by atoms with Crippen LogP contribution < -0.4 is 5.32 Å². The van der Waals surface area contributed by atoms with Crippen molar-refractivity contribution in [1.29, 1.82) is 0 Å². The van der Waals surface area contributed by atoms with E-state index in [2.05, 4.69) is 64.9 Å². The Morgan fingerprint density at radius 2 is 1.80 bits per heavy atom. The van der Waals surface area contributed by atoms with Gasteiger partial charge in [-0.1, -0.05) is 98.2 Å². The van der Waals surface area contributed by atoms with Crippen LogP contribution in [0.5, 0.6) is 0 Å². The van der Waals surface area contributed by atoms with Crippen molar-refractivity contribution >= 4 is 39.0 Å². The summed E-state index contributed by atoms with van der Waals surface area (Å²) < 4.78 is 1.03. The molecule has 1 aromatic heterocycles. The number of fused-ring (bicyclic) bond motifs is 1. The predicted octanol–water partition coefficient (Wildman–Crippen LogP) is 6.37. The summed E-state index contributed by atoms with van der Waals surface area (Å²) in [6.45, 7) is 3.24. The second-order valence-electron chi connectivity index (χ2n) is 6.14. The van der Waals surface area contributed by atoms with Gasteiger partial charge in [-0.15, -0.1) is 10.2 Å². The smallest absolute Gasteiger partial charge is 0.206 e. The zero-order valence-corrected chi connectivity index (χ0v) is 16.3. The maximum absolute atomic E-state index is 4.31. The Kier molecular flexibility index (Phi) is 7.12. The summed E-state index contributed by atoms with van der Waals surface area (Å²) in [6.07, 6.45) is 6.47. The van der Waals surface area contributed by atoms with Gasteiger partial charge in [0.15, 0.2) is 4.34 Å². The van der Waals surface area contributed by atoms with Gasteiger partial charge in [-0.2, -0.15) is 0 Å². The van der Waals surface area contributed by atoms with E-state index in [9.17, 15) is 0 Å². The van der Waals surface area contributed by atoms with Gasteiger partial charge in [0.2, 0.25) is 5.13 Å². The van der Waals surface area contributed by atoms with Crippen LogP contribution in [-0.2, 0) is 5.75 Å². The van der Waals surface area contributed by atoms with Crippen molar-refractivity contribution in [3.05, 3.63) is 48.0 Å². The molecule has 0 radical (unpaired) electrons. The molecule has 25 heavy (non-hydrogen) atoms. The summed E-state index contributed by atoms with van der Waals surface area (Å²) in [5.41, 5.74) is 1.35. The minimum Gasteiger partial charge on any atom is -0.360 e. The lowest BCUT2D eigenvalue weighted by Gasteiger charge is -2.04. The molecule has 0 atom stereocenters. The summed E-state index contributed by atoms with van der Waals surface area (Å²) >= 11 is 3.42. The third-order valence-electron chi connectivity index (χ3n) is 4.19. The first kappa shape index (κ1) is 18.2. The number of anilines is 1. The van der Waals surface area contributed by atoms with Gasteiger partial charge in [-0.05, 0) is 22.8 Å². The molecule has 0 aliphatic heterocycles. The molecular weight excluding hydrogens is 346 g/mol. The van der Waals surface area contributed by atoms with E-state index in [1.807, 2.05) is 0 Å². The van der Waals surface area contributed by atoms with Crippen molar-refractivity contribution in [2.24, 2.45) is 0 Å². The Hall–Kier alpha value is -1.59. The van der Waals surface area contributed by atoms with Crippen molar-refractivity contribution in [2.45, 2.75) is 49.1 Å². The average molecular weight is 372 g/mol. The summed E-state index contributed by atoms with van der Waals surface area (Å²) in [4.78, 5) is 0. The van der Waals surface area contributed by atoms with E-state index in [1.54, 1.807) is 23.1 Å². The lowest BCUT2D eigenvalue weighted by atomic mass is 10.1. The van der Waals surface area contributed by atoms with E-state index in [0.717, 1.165) is 21.8 Å². The van der Waals surface area contributed by atoms with Crippen molar-refractivity contribution in [3.63, 3.8) is 0 Å². The van der Waals surface area contributed by atoms with Gasteiger partial charge in [0.1, 0.15) is 0 Å². The molecule has 0 saturated heterocycles. The van der Waals surface area contributed by atoms with Gasteiger partial charge in [0.25, 0.3) is 0 Å². The molecule has 0 bridgehead atoms. The molecule has 0 fully saturated rings. The molecule has 3 nitrogen and oxygen atoms in total. The highest BCUT2D eigenvalue weighted by atomic mass is 32.2. The molecule has 0 saturated carbocycles. The molecule has 3 aromatic rings. The van der Waals surface area contributed by atoms with Crippen LogP contribution >= 0.6 is 23.1 Å². The van der Waals surface area contributed by atoms with Gasteiger partial charge < -0.3 is 5.32 Å². The summed E-state index contributed by atoms with van der Waals surface area (Å²) in [5.74, 6) is 0.924. The molecular formula is C20H25N3S2. The predicted molar refractivity (Wildman–Crippen MR) is 111 cm³/mol. The molecule has 1 N–H and O–H groups in total. The zero-order chi connectivity index (χ0) is 17.3. The van der Waals surface area contributed by atoms with Crippen LogP contribution in [0.25, 0.3) is 10.8 Å². The molecule has 0 aliphatic carbocycles. The fourth-order valence-electron chi connectivity index (χ4n) is 2.82. The minimum absolute atomic E-state index is 0.924. The highest BCUT2D eigenvalue weighted by Crippen LogP contribution is 2.30. The minimum atomic E-state index is 0.924. The fraction of sp³-hybridized carbons (Fsp3) is 0.400. The van der Waals surface area contributed by atoms with Crippen LogP contribution in [0.15, 0.2) is 46.8 Å². The van der Waals surface area contributed by atoms with E-state index in [0.29, 0.717) is 0 Å². The van der Waals surface area contributed by atoms with Gasteiger partial charge in [0.05, 0.1) is 0 Å². The summed E-state index contributed by atoms with van der Waals surface area (Å²) in [6, 6.07) is 15.0. The van der Waals surface area contributed by atoms with Crippen molar-refractivity contribution in [2.75, 3.05) is 11.9 Å². The number of hydrogen-bond acceptors (Lipinski definition) is 5. The Morgan fingerprint density at radius 1 is 0.960 bits per heavy atom. The number of rotatable bonds is 10. The van der Waals surface area contributed by atoms with Crippen LogP contribution in [0.4, 0.5) is 5.13 Å². The maximum Gasteiger partial charge on any atom is 0.206 e. The molecule has 5 heteroatoms. The van der Waals surface area contributed by atoms with Crippen molar-refractivity contribution < 1.29 is 0 Å². The Morgan fingerprint density at radius 3 is 2.72 bits per heavy atom. The lowest BCUT2D eigenvalue weighted by molar-refractivity contribution is 0.645. The number of unbranched alkanes of at least 4 members (excludes halogenated alkanes) is 4. The normalized spacial score (nSPS) is 11.1. The number of aromatic nitrogens is 2. The lowest BCUT2D eigenvalue weighted by Crippen LogP contribution is -2.00. The third-order valence-corrected chi connectivity index (χ3v) is 6.26. The Bertz CT molecular complexity index is 780. The number of benzene rings is 2. The number of thioether (sulfide) groups is 1. The number of nitrogens with one attached hydrogen (secondary N) is 1. The van der Waals surface area contributed by atoms with E-state index in [1.165, 1.54) is 48.4 Å². The first-order valence-corrected chi connectivity index (χ1v) is 10.8. The van der Waals surface area contributed by atoms with Crippen LogP contribution in [0, 0.1) is 0 Å². The van der Waals surface area contributed by atoms with Gasteiger partial charge in [-0.3, -0.25) is 0 Å². The second-order valence-corrected chi connectivity index (χ2v) is 8.34. The molecule has 3 rings (SSSR count). The Labute approximate surface area is 158 Å². The first-order valence-electron chi connectivity index (χ1n) is 9.03. The van der Waals surface area contributed by atoms with Crippen molar-refractivity contribution in [1.82, 2.24) is 10.2 Å². The van der Waals surface area contributed by atoms with E-state index in [-0.39, 0.29) is 0 Å². The van der Waals surface area contributed by atoms with E-state index >= 15 is 0 Å². The monoisotopic (exact) mass is 371 g/mol. The van der Waals surface area contributed by atoms with Crippen LogP contribution in [-0.4, -0.2) is 16.7 Å². The molecule has 0 aliphatic rings. The van der Waals surface area contributed by atoms with E-state index < -0.39 is 0 Å². The second kappa shape index (κ2) is 9.78. The van der Waals surface area contributed by atoms with Crippen LogP contribution in [0.3, 0.4) is 0 Å². The van der Waals surface area contributed by atoms with Gasteiger partial charge in [-0.25, -0.2) is 0 Å². The molecule has 0 unspecified atom stereocenters. The molecule has 0 amide bonds. The van der Waals surface area contributed by atoms with Gasteiger partial charge in [0, 0.05) is 12.3 Å². The third kappa shape index (κ3) is 5.44. The largest absolute Gasteiger partial charge is 0.360 e. The van der Waals surface area contributed by atoms with Crippen molar-refractivity contribution in [3.8, 4) is 0 Å². The van der Waals surface area contributed by atoms with Gasteiger partial charge >= 0.3 is 0 Å². The number of nitrogens with zero attached hydrogens (tertiary/aromatic N) is 2. The fourth-order valence-corrected chi connectivity index (χ4v) is 4.60. The quantitative estimate of drug-likeness (QED) is 0.332. The number of hydrogen-bond donors (Lipinski definition) is 1. The molecule has 0 spiro atoms. The Balaban J connectivity index is 1.48. The standard InChI is InChI=1S/C20H25N3S2/c1-2-3-4-5-8-14-21-19-22-23-20(25-19)24-15-17-12-9-11-16-10-6-7-13-18(16)17/h6-7,9-13H,2-5,8,14-15H2,1H3,(H,21,22). The molecule has 132 valence electrons. The topological polar surface area (TPSA) is 37.8 Å². The molecule has 2 aromatic carbocycles.